The summed E-state index contributed by atoms with van der Waals surface area (Å²) in [5.74, 6) is 1.43. The van der Waals surface area contributed by atoms with Gasteiger partial charge in [-0.3, -0.25) is 0 Å². The Labute approximate surface area is 78.9 Å². The summed E-state index contributed by atoms with van der Waals surface area (Å²) in [4.78, 5) is 1.83. The van der Waals surface area contributed by atoms with E-state index in [1.54, 1.807) is 0 Å². The molecule has 0 aliphatic rings. The minimum Gasteiger partial charge on any atom is -0.436 e. The molecule has 0 unspecified atom stereocenters. The van der Waals surface area contributed by atoms with Crippen molar-refractivity contribution < 1.29 is 9.30 Å². The highest BCUT2D eigenvalue weighted by atomic mass is 16.5. The zero-order valence-electron chi connectivity index (χ0n) is 8.32. The van der Waals surface area contributed by atoms with Crippen LogP contribution in [0.25, 0.3) is 0 Å². The maximum atomic E-state index is 5.47. The quantitative estimate of drug-likeness (QED) is 0.507. The predicted octanol–water partition coefficient (Wildman–Crippen LogP) is 0.923. The van der Waals surface area contributed by atoms with Crippen molar-refractivity contribution in [3.05, 3.63) is 37.0 Å². The molecule has 1 rings (SSSR count). The van der Waals surface area contributed by atoms with Crippen LogP contribution in [-0.2, 0) is 7.05 Å². The fourth-order valence-electron chi connectivity index (χ4n) is 0.848. The molecule has 0 saturated heterocycles. The summed E-state index contributed by atoms with van der Waals surface area (Å²) in [6.45, 7) is 3.77. The van der Waals surface area contributed by atoms with E-state index >= 15 is 0 Å². The van der Waals surface area contributed by atoms with Crippen LogP contribution in [0.15, 0.2) is 37.0 Å². The van der Waals surface area contributed by atoms with Crippen LogP contribution >= 0.6 is 0 Å². The van der Waals surface area contributed by atoms with Crippen LogP contribution in [0.3, 0.4) is 0 Å². The molecule has 1 aromatic rings. The van der Waals surface area contributed by atoms with Gasteiger partial charge in [0.05, 0.1) is 0 Å². The van der Waals surface area contributed by atoms with Gasteiger partial charge < -0.3 is 9.64 Å². The normalized spacial score (nSPS) is 9.46. The third kappa shape index (κ3) is 2.78. The lowest BCUT2D eigenvalue weighted by Gasteiger charge is -2.14. The van der Waals surface area contributed by atoms with E-state index in [1.165, 1.54) is 0 Å². The molecule has 0 aromatic carbocycles. The van der Waals surface area contributed by atoms with Gasteiger partial charge in [0.1, 0.15) is 7.05 Å². The van der Waals surface area contributed by atoms with Crippen LogP contribution in [0.1, 0.15) is 0 Å². The fraction of sp³-hybridized carbons (Fsp3) is 0.300. The lowest BCUT2D eigenvalue weighted by atomic mass is 10.4. The maximum absolute atomic E-state index is 5.47. The molecule has 1 heterocycles. The van der Waals surface area contributed by atoms with Gasteiger partial charge in [-0.1, -0.05) is 0 Å². The molecule has 0 aliphatic heterocycles. The number of ether oxygens (including phenoxy) is 1. The number of rotatable bonds is 3. The van der Waals surface area contributed by atoms with E-state index in [0.717, 1.165) is 5.75 Å². The third-order valence-electron chi connectivity index (χ3n) is 1.65. The summed E-state index contributed by atoms with van der Waals surface area (Å²) in [6, 6.07) is 3.83. The number of pyridine rings is 1. The van der Waals surface area contributed by atoms with E-state index in [4.69, 9.17) is 4.74 Å². The molecule has 0 radical (unpaired) electrons. The zero-order chi connectivity index (χ0) is 9.84. The van der Waals surface area contributed by atoms with Crippen LogP contribution in [0.4, 0.5) is 0 Å². The van der Waals surface area contributed by atoms with Crippen LogP contribution in [0, 0.1) is 0 Å². The van der Waals surface area contributed by atoms with E-state index in [2.05, 4.69) is 6.58 Å². The molecule has 3 heteroatoms. The topological polar surface area (TPSA) is 16.4 Å². The number of hydrogen-bond acceptors (Lipinski definition) is 2. The SMILES string of the molecule is C=C(Oc1ccc[n+](C)c1)N(C)C. The zero-order valence-corrected chi connectivity index (χ0v) is 8.32. The molecule has 0 bridgehead atoms. The van der Waals surface area contributed by atoms with Crippen molar-refractivity contribution in [2.24, 2.45) is 7.05 Å². The Morgan fingerprint density at radius 3 is 2.77 bits per heavy atom. The van der Waals surface area contributed by atoms with Gasteiger partial charge >= 0.3 is 0 Å². The van der Waals surface area contributed by atoms with Gasteiger partial charge in [0.2, 0.25) is 6.20 Å². The molecule has 70 valence electrons. The molecule has 0 N–H and O–H groups in total. The minimum atomic E-state index is 0.631. The highest BCUT2D eigenvalue weighted by molar-refractivity contribution is 5.15. The summed E-state index contributed by atoms with van der Waals surface area (Å²) in [6.07, 6.45) is 3.85. The summed E-state index contributed by atoms with van der Waals surface area (Å²) < 4.78 is 7.40. The van der Waals surface area contributed by atoms with Crippen molar-refractivity contribution in [2.75, 3.05) is 14.1 Å². The second kappa shape index (κ2) is 3.94. The van der Waals surface area contributed by atoms with Crippen molar-refractivity contribution in [3.63, 3.8) is 0 Å². The second-order valence-corrected chi connectivity index (χ2v) is 3.10. The smallest absolute Gasteiger partial charge is 0.211 e. The summed E-state index contributed by atoms with van der Waals surface area (Å²) >= 11 is 0. The monoisotopic (exact) mass is 179 g/mol. The lowest BCUT2D eigenvalue weighted by molar-refractivity contribution is -0.671. The average Bonchev–Trinajstić information content (AvgIpc) is 2.04. The molecule has 0 spiro atoms. The van der Waals surface area contributed by atoms with Gasteiger partial charge in [0.25, 0.3) is 0 Å². The lowest BCUT2D eigenvalue weighted by Crippen LogP contribution is -2.26. The molecular weight excluding hydrogens is 164 g/mol. The van der Waals surface area contributed by atoms with Gasteiger partial charge in [0, 0.05) is 20.2 Å². The highest BCUT2D eigenvalue weighted by Gasteiger charge is 2.02. The largest absolute Gasteiger partial charge is 0.436 e. The van der Waals surface area contributed by atoms with Crippen molar-refractivity contribution >= 4 is 0 Å². The van der Waals surface area contributed by atoms with Crippen LogP contribution in [-0.4, -0.2) is 19.0 Å². The molecule has 13 heavy (non-hydrogen) atoms. The first-order chi connectivity index (χ1) is 6.09. The molecule has 0 fully saturated rings. The van der Waals surface area contributed by atoms with E-state index in [0.29, 0.717) is 5.88 Å². The van der Waals surface area contributed by atoms with Gasteiger partial charge in [-0.15, -0.1) is 0 Å². The summed E-state index contributed by atoms with van der Waals surface area (Å²) in [7, 11) is 5.74. The number of aryl methyl sites for hydroxylation is 1. The summed E-state index contributed by atoms with van der Waals surface area (Å²) in [5.41, 5.74) is 0. The molecule has 0 aliphatic carbocycles. The molecule has 3 nitrogen and oxygen atoms in total. The Kier molecular flexibility index (Phi) is 2.90. The van der Waals surface area contributed by atoms with Crippen molar-refractivity contribution in [3.8, 4) is 5.75 Å². The van der Waals surface area contributed by atoms with Crippen molar-refractivity contribution in [1.82, 2.24) is 4.90 Å². The van der Waals surface area contributed by atoms with Gasteiger partial charge in [-0.05, 0) is 12.6 Å². The number of nitrogens with zero attached hydrogens (tertiary/aromatic N) is 2. The highest BCUT2D eigenvalue weighted by Crippen LogP contribution is 2.09. The first kappa shape index (κ1) is 9.58. The Balaban J connectivity index is 2.69. The minimum absolute atomic E-state index is 0.631. The predicted molar refractivity (Wildman–Crippen MR) is 51.1 cm³/mol. The molecule has 0 atom stereocenters. The Morgan fingerprint density at radius 2 is 2.23 bits per heavy atom. The molecule has 0 amide bonds. The first-order valence-corrected chi connectivity index (χ1v) is 4.09. The van der Waals surface area contributed by atoms with Crippen LogP contribution in [0.5, 0.6) is 5.75 Å². The third-order valence-corrected chi connectivity index (χ3v) is 1.65. The van der Waals surface area contributed by atoms with E-state index in [1.807, 2.05) is 55.1 Å². The second-order valence-electron chi connectivity index (χ2n) is 3.10. The van der Waals surface area contributed by atoms with Crippen LogP contribution < -0.4 is 9.30 Å². The summed E-state index contributed by atoms with van der Waals surface area (Å²) in [5, 5.41) is 0. The van der Waals surface area contributed by atoms with E-state index < -0.39 is 0 Å². The molecule has 1 aromatic heterocycles. The van der Waals surface area contributed by atoms with Gasteiger partial charge in [-0.25, -0.2) is 4.57 Å². The average molecular weight is 179 g/mol. The number of aromatic nitrogens is 1. The standard InChI is InChI=1S/C10H15N2O/c1-9(11(2)3)13-10-6-5-7-12(4)8-10/h5-8H,1H2,2-4H3/q+1. The Morgan fingerprint density at radius 1 is 1.54 bits per heavy atom. The van der Waals surface area contributed by atoms with E-state index in [9.17, 15) is 0 Å². The number of hydrogen-bond donors (Lipinski definition) is 0. The van der Waals surface area contributed by atoms with E-state index in [-0.39, 0.29) is 0 Å². The first-order valence-electron chi connectivity index (χ1n) is 4.09. The van der Waals surface area contributed by atoms with Crippen molar-refractivity contribution in [1.29, 1.82) is 0 Å². The fourth-order valence-corrected chi connectivity index (χ4v) is 0.848. The maximum Gasteiger partial charge on any atom is 0.211 e. The van der Waals surface area contributed by atoms with Gasteiger partial charge in [0.15, 0.2) is 17.8 Å². The van der Waals surface area contributed by atoms with Crippen molar-refractivity contribution in [2.45, 2.75) is 0 Å². The van der Waals surface area contributed by atoms with Gasteiger partial charge in [-0.2, -0.15) is 0 Å². The molecule has 0 saturated carbocycles. The Hall–Kier alpha value is -1.51. The van der Waals surface area contributed by atoms with Crippen LogP contribution in [0.2, 0.25) is 0 Å². The Bertz CT molecular complexity index is 308. The molecular formula is C10H15N2O+.